The molecule has 0 aliphatic heterocycles. The summed E-state index contributed by atoms with van der Waals surface area (Å²) in [4.78, 5) is 6.38. The predicted octanol–water partition coefficient (Wildman–Crippen LogP) is 1.89. The molecule has 0 aromatic carbocycles. The molecule has 4 nitrogen and oxygen atoms in total. The van der Waals surface area contributed by atoms with Crippen molar-refractivity contribution in [1.29, 1.82) is 0 Å². The highest BCUT2D eigenvalue weighted by Crippen LogP contribution is 2.09. The first-order valence-electron chi connectivity index (χ1n) is 5.15. The van der Waals surface area contributed by atoms with Crippen LogP contribution in [-0.2, 0) is 13.1 Å². The summed E-state index contributed by atoms with van der Waals surface area (Å²) >= 11 is 0. The Morgan fingerprint density at radius 3 is 2.94 bits per heavy atom. The van der Waals surface area contributed by atoms with Gasteiger partial charge in [0.2, 0.25) is 0 Å². The summed E-state index contributed by atoms with van der Waals surface area (Å²) in [5.41, 5.74) is 7.41. The monoisotopic (exact) mass is 217 g/mol. The minimum Gasteiger partial charge on any atom is -0.468 e. The molecule has 2 aromatic heterocycles. The maximum atomic E-state index is 5.69. The molecule has 16 heavy (non-hydrogen) atoms. The highest BCUT2D eigenvalue weighted by molar-refractivity contribution is 5.37. The van der Waals surface area contributed by atoms with Crippen molar-refractivity contribution in [3.8, 4) is 0 Å². The first kappa shape index (κ1) is 10.7. The highest BCUT2D eigenvalue weighted by Gasteiger charge is 2.04. The Morgan fingerprint density at radius 1 is 1.38 bits per heavy atom. The number of pyridine rings is 1. The van der Waals surface area contributed by atoms with Gasteiger partial charge in [0.25, 0.3) is 0 Å². The van der Waals surface area contributed by atoms with Gasteiger partial charge in [0.15, 0.2) is 0 Å². The molecule has 2 rings (SSSR count). The van der Waals surface area contributed by atoms with Crippen LogP contribution in [-0.4, -0.2) is 16.9 Å². The third-order valence-corrected chi connectivity index (χ3v) is 2.28. The zero-order valence-electron chi connectivity index (χ0n) is 9.26. The first-order valence-corrected chi connectivity index (χ1v) is 5.15. The average molecular weight is 217 g/mol. The third-order valence-electron chi connectivity index (χ3n) is 2.28. The van der Waals surface area contributed by atoms with Crippen LogP contribution >= 0.6 is 0 Å². The maximum Gasteiger partial charge on any atom is 0.117 e. The summed E-state index contributed by atoms with van der Waals surface area (Å²) in [6, 6.07) is 7.53. The average Bonchev–Trinajstić information content (AvgIpc) is 2.70. The smallest absolute Gasteiger partial charge is 0.117 e. The Kier molecular flexibility index (Phi) is 3.22. The molecule has 0 aliphatic rings. The highest BCUT2D eigenvalue weighted by atomic mass is 16.3. The van der Waals surface area contributed by atoms with Gasteiger partial charge in [-0.1, -0.05) is 0 Å². The van der Waals surface area contributed by atoms with Gasteiger partial charge in [0.1, 0.15) is 5.76 Å². The number of aromatic nitrogens is 1. The zero-order valence-corrected chi connectivity index (χ0v) is 9.26. The quantitative estimate of drug-likeness (QED) is 0.849. The molecule has 0 saturated carbocycles. The molecular weight excluding hydrogens is 202 g/mol. The Morgan fingerprint density at radius 2 is 2.25 bits per heavy atom. The third kappa shape index (κ3) is 2.84. The van der Waals surface area contributed by atoms with E-state index in [1.807, 2.05) is 25.2 Å². The lowest BCUT2D eigenvalue weighted by atomic mass is 10.3. The molecule has 0 saturated heterocycles. The molecule has 0 amide bonds. The molecule has 4 heteroatoms. The van der Waals surface area contributed by atoms with Crippen LogP contribution in [0.25, 0.3) is 0 Å². The summed E-state index contributed by atoms with van der Waals surface area (Å²) in [6.07, 6.45) is 3.41. The van der Waals surface area contributed by atoms with E-state index in [-0.39, 0.29) is 0 Å². The molecule has 0 aliphatic carbocycles. The fourth-order valence-electron chi connectivity index (χ4n) is 1.58. The van der Waals surface area contributed by atoms with E-state index in [9.17, 15) is 0 Å². The van der Waals surface area contributed by atoms with Gasteiger partial charge in [-0.15, -0.1) is 0 Å². The van der Waals surface area contributed by atoms with Crippen molar-refractivity contribution < 1.29 is 4.42 Å². The Hall–Kier alpha value is -1.81. The van der Waals surface area contributed by atoms with E-state index < -0.39 is 0 Å². The molecule has 2 aromatic rings. The summed E-state index contributed by atoms with van der Waals surface area (Å²) < 4.78 is 5.28. The van der Waals surface area contributed by atoms with E-state index in [4.69, 9.17) is 10.2 Å². The number of nitrogens with two attached hydrogens (primary N) is 1. The molecule has 2 heterocycles. The summed E-state index contributed by atoms with van der Waals surface area (Å²) in [6.45, 7) is 1.52. The number of anilines is 1. The fraction of sp³-hybridized carbons (Fsp3) is 0.250. The number of hydrogen-bond donors (Lipinski definition) is 1. The van der Waals surface area contributed by atoms with Crippen molar-refractivity contribution in [2.75, 3.05) is 12.8 Å². The van der Waals surface area contributed by atoms with Crippen LogP contribution in [0.3, 0.4) is 0 Å². The van der Waals surface area contributed by atoms with Crippen molar-refractivity contribution in [3.05, 3.63) is 48.2 Å². The van der Waals surface area contributed by atoms with E-state index in [0.29, 0.717) is 0 Å². The van der Waals surface area contributed by atoms with Crippen molar-refractivity contribution in [2.45, 2.75) is 13.1 Å². The number of nitrogens with zero attached hydrogens (tertiary/aromatic N) is 2. The molecule has 2 N–H and O–H groups in total. The Bertz CT molecular complexity index is 439. The van der Waals surface area contributed by atoms with Gasteiger partial charge in [-0.2, -0.15) is 0 Å². The van der Waals surface area contributed by atoms with Crippen molar-refractivity contribution in [2.24, 2.45) is 0 Å². The Balaban J connectivity index is 1.94. The van der Waals surface area contributed by atoms with Gasteiger partial charge < -0.3 is 10.2 Å². The van der Waals surface area contributed by atoms with E-state index in [1.54, 1.807) is 18.5 Å². The molecule has 0 spiro atoms. The van der Waals surface area contributed by atoms with E-state index >= 15 is 0 Å². The van der Waals surface area contributed by atoms with E-state index in [2.05, 4.69) is 9.88 Å². The van der Waals surface area contributed by atoms with Gasteiger partial charge >= 0.3 is 0 Å². The van der Waals surface area contributed by atoms with Crippen LogP contribution < -0.4 is 5.73 Å². The van der Waals surface area contributed by atoms with Crippen LogP contribution in [0.2, 0.25) is 0 Å². The van der Waals surface area contributed by atoms with E-state index in [1.165, 1.54) is 0 Å². The maximum absolute atomic E-state index is 5.69. The van der Waals surface area contributed by atoms with Crippen LogP contribution in [0.15, 0.2) is 41.1 Å². The second-order valence-electron chi connectivity index (χ2n) is 3.83. The topological polar surface area (TPSA) is 55.3 Å². The second-order valence-corrected chi connectivity index (χ2v) is 3.83. The second kappa shape index (κ2) is 4.81. The van der Waals surface area contributed by atoms with Gasteiger partial charge in [-0.3, -0.25) is 9.88 Å². The summed E-state index contributed by atoms with van der Waals surface area (Å²) in [5.74, 6) is 0.950. The molecule has 0 radical (unpaired) electrons. The fourth-order valence-corrected chi connectivity index (χ4v) is 1.58. The summed E-state index contributed by atoms with van der Waals surface area (Å²) in [7, 11) is 2.02. The van der Waals surface area contributed by atoms with Gasteiger partial charge in [0, 0.05) is 18.4 Å². The van der Waals surface area contributed by atoms with Gasteiger partial charge in [-0.05, 0) is 31.3 Å². The number of furan rings is 1. The normalized spacial score (nSPS) is 10.9. The number of hydrogen-bond acceptors (Lipinski definition) is 4. The van der Waals surface area contributed by atoms with Crippen molar-refractivity contribution >= 4 is 5.69 Å². The minimum absolute atomic E-state index is 0.747. The molecule has 0 atom stereocenters. The molecule has 0 fully saturated rings. The largest absolute Gasteiger partial charge is 0.468 e. The lowest BCUT2D eigenvalue weighted by molar-refractivity contribution is 0.285. The number of nitrogen functional groups attached to an aromatic ring is 1. The SMILES string of the molecule is CN(Cc1cc(N)ccn1)Cc1ccco1. The summed E-state index contributed by atoms with van der Waals surface area (Å²) in [5, 5.41) is 0. The van der Waals surface area contributed by atoms with Crippen molar-refractivity contribution in [3.63, 3.8) is 0 Å². The van der Waals surface area contributed by atoms with Crippen LogP contribution in [0.4, 0.5) is 5.69 Å². The lowest BCUT2D eigenvalue weighted by Crippen LogP contribution is -2.17. The number of rotatable bonds is 4. The van der Waals surface area contributed by atoms with Crippen LogP contribution in [0.1, 0.15) is 11.5 Å². The molecular formula is C12H15N3O. The first-order chi connectivity index (χ1) is 7.74. The van der Waals surface area contributed by atoms with Crippen molar-refractivity contribution in [1.82, 2.24) is 9.88 Å². The Labute approximate surface area is 94.7 Å². The van der Waals surface area contributed by atoms with Gasteiger partial charge in [0.05, 0.1) is 18.5 Å². The molecule has 84 valence electrons. The minimum atomic E-state index is 0.747. The lowest BCUT2D eigenvalue weighted by Gasteiger charge is -2.14. The standard InChI is InChI=1S/C12H15N3O/c1-15(9-12-3-2-6-16-12)8-11-7-10(13)4-5-14-11/h2-7H,8-9H2,1H3,(H2,13,14). The predicted molar refractivity (Wildman–Crippen MR) is 62.5 cm³/mol. The molecule has 0 bridgehead atoms. The van der Waals surface area contributed by atoms with Crippen LogP contribution in [0, 0.1) is 0 Å². The molecule has 0 unspecified atom stereocenters. The van der Waals surface area contributed by atoms with Crippen LogP contribution in [0.5, 0.6) is 0 Å². The van der Waals surface area contributed by atoms with Gasteiger partial charge in [-0.25, -0.2) is 0 Å². The van der Waals surface area contributed by atoms with E-state index in [0.717, 1.165) is 30.2 Å². The zero-order chi connectivity index (χ0) is 11.4.